The maximum absolute atomic E-state index is 13.2. The van der Waals surface area contributed by atoms with Gasteiger partial charge in [0.2, 0.25) is 5.91 Å². The number of carbonyl (C=O) groups excluding carboxylic acids is 3. The summed E-state index contributed by atoms with van der Waals surface area (Å²) in [4.78, 5) is 39.0. The van der Waals surface area contributed by atoms with E-state index in [0.29, 0.717) is 17.2 Å². The van der Waals surface area contributed by atoms with E-state index in [4.69, 9.17) is 9.47 Å². The third-order valence-corrected chi connectivity index (χ3v) is 4.88. The molecular weight excluding hydrogens is 409 g/mol. The number of amides is 3. The summed E-state index contributed by atoms with van der Waals surface area (Å²) in [6.45, 7) is -0.305. The number of rotatable bonds is 6. The number of methoxy groups -OCH3 is 2. The number of hydrogen-bond donors (Lipinski definition) is 1. The number of benzene rings is 2. The monoisotopic (exact) mass is 427 g/mol. The second-order valence-electron chi connectivity index (χ2n) is 6.83. The molecule has 11 heteroatoms. The average Bonchev–Trinajstić information content (AvgIpc) is 3.28. The smallest absolute Gasteiger partial charge is 0.263 e. The van der Waals surface area contributed by atoms with E-state index >= 15 is 0 Å². The van der Waals surface area contributed by atoms with Crippen LogP contribution in [0.3, 0.4) is 0 Å². The minimum Gasteiger partial charge on any atom is -0.497 e. The van der Waals surface area contributed by atoms with Crippen molar-refractivity contribution in [2.45, 2.75) is 12.1 Å². The molecular formula is C20H18FN5O5. The summed E-state index contributed by atoms with van der Waals surface area (Å²) in [5.74, 6) is -1.15. The van der Waals surface area contributed by atoms with E-state index in [-0.39, 0.29) is 12.2 Å². The molecule has 4 rings (SSSR count). The standard InChI is InChI=1S/C20H18FN5O5/c1-30-14-7-12(8-15(9-14)31-2)22-16(27)10-25-18-17(23-24-25)19(28)26(20(18)29)13-5-3-11(21)4-6-13/h3-9,17-18H,10H2,1-2H3,(H,22,27). The number of nitrogens with zero attached hydrogens (tertiary/aromatic N) is 4. The number of hydrogen-bond acceptors (Lipinski definition) is 8. The molecule has 1 saturated heterocycles. The Labute approximate surface area is 176 Å². The quantitative estimate of drug-likeness (QED) is 0.703. The van der Waals surface area contributed by atoms with Gasteiger partial charge in [0, 0.05) is 23.9 Å². The molecule has 3 amide bonds. The number of carbonyl (C=O) groups is 3. The Morgan fingerprint density at radius 3 is 2.32 bits per heavy atom. The van der Waals surface area contributed by atoms with E-state index in [1.807, 2.05) is 0 Å². The molecule has 2 aliphatic rings. The van der Waals surface area contributed by atoms with Crippen molar-refractivity contribution in [2.75, 3.05) is 31.0 Å². The number of nitrogens with one attached hydrogen (secondary N) is 1. The van der Waals surface area contributed by atoms with E-state index < -0.39 is 35.6 Å². The number of fused-ring (bicyclic) bond motifs is 1. The summed E-state index contributed by atoms with van der Waals surface area (Å²) in [5, 5.41) is 11.5. The van der Waals surface area contributed by atoms with Gasteiger partial charge < -0.3 is 14.8 Å². The van der Waals surface area contributed by atoms with E-state index in [2.05, 4.69) is 15.7 Å². The summed E-state index contributed by atoms with van der Waals surface area (Å²) in [6, 6.07) is 7.74. The van der Waals surface area contributed by atoms with Gasteiger partial charge in [-0.15, -0.1) is 0 Å². The highest BCUT2D eigenvalue weighted by Gasteiger charge is 2.55. The number of anilines is 2. The van der Waals surface area contributed by atoms with Gasteiger partial charge in [0.05, 0.1) is 19.9 Å². The van der Waals surface area contributed by atoms with Crippen LogP contribution in [0.25, 0.3) is 0 Å². The lowest BCUT2D eigenvalue weighted by Crippen LogP contribution is -2.43. The second-order valence-corrected chi connectivity index (χ2v) is 6.83. The first kappa shape index (κ1) is 20.3. The summed E-state index contributed by atoms with van der Waals surface area (Å²) in [6.07, 6.45) is 0. The number of halogens is 1. The zero-order valence-corrected chi connectivity index (χ0v) is 16.6. The van der Waals surface area contributed by atoms with Crippen LogP contribution >= 0.6 is 0 Å². The van der Waals surface area contributed by atoms with E-state index in [0.717, 1.165) is 17.0 Å². The van der Waals surface area contributed by atoms with Crippen LogP contribution in [0.2, 0.25) is 0 Å². The molecule has 31 heavy (non-hydrogen) atoms. The van der Waals surface area contributed by atoms with Crippen molar-refractivity contribution < 1.29 is 28.2 Å². The van der Waals surface area contributed by atoms with Crippen molar-refractivity contribution in [3.8, 4) is 11.5 Å². The Bertz CT molecular complexity index is 1050. The number of imide groups is 1. The fourth-order valence-electron chi connectivity index (χ4n) is 3.43. The lowest BCUT2D eigenvalue weighted by atomic mass is 10.1. The van der Waals surface area contributed by atoms with Gasteiger partial charge in [0.25, 0.3) is 11.8 Å². The Kier molecular flexibility index (Phi) is 5.24. The fraction of sp³-hybridized carbons (Fsp3) is 0.250. The summed E-state index contributed by atoms with van der Waals surface area (Å²) in [7, 11) is 2.97. The van der Waals surface area contributed by atoms with Crippen LogP contribution in [0.1, 0.15) is 0 Å². The third-order valence-electron chi connectivity index (χ3n) is 4.88. The predicted molar refractivity (Wildman–Crippen MR) is 106 cm³/mol. The molecule has 0 radical (unpaired) electrons. The molecule has 0 spiro atoms. The molecule has 1 fully saturated rings. The minimum atomic E-state index is -1.05. The minimum absolute atomic E-state index is 0.230. The molecule has 2 unspecified atom stereocenters. The molecule has 2 heterocycles. The summed E-state index contributed by atoms with van der Waals surface area (Å²) in [5.41, 5.74) is 0.657. The van der Waals surface area contributed by atoms with Gasteiger partial charge in [-0.2, -0.15) is 5.11 Å². The molecule has 0 saturated carbocycles. The molecule has 0 aliphatic carbocycles. The van der Waals surface area contributed by atoms with E-state index in [1.165, 1.54) is 31.4 Å². The van der Waals surface area contributed by atoms with Crippen molar-refractivity contribution in [3.63, 3.8) is 0 Å². The van der Waals surface area contributed by atoms with Crippen LogP contribution in [0.15, 0.2) is 52.8 Å². The Morgan fingerprint density at radius 1 is 1.06 bits per heavy atom. The van der Waals surface area contributed by atoms with Crippen molar-refractivity contribution in [1.82, 2.24) is 5.01 Å². The highest BCUT2D eigenvalue weighted by atomic mass is 19.1. The highest BCUT2D eigenvalue weighted by Crippen LogP contribution is 2.32. The van der Waals surface area contributed by atoms with Crippen molar-refractivity contribution in [3.05, 3.63) is 48.3 Å². The van der Waals surface area contributed by atoms with Gasteiger partial charge in [-0.25, -0.2) is 9.29 Å². The third kappa shape index (κ3) is 3.77. The first-order chi connectivity index (χ1) is 14.9. The van der Waals surface area contributed by atoms with Gasteiger partial charge in [-0.3, -0.25) is 19.4 Å². The lowest BCUT2D eigenvalue weighted by molar-refractivity contribution is -0.123. The van der Waals surface area contributed by atoms with Crippen molar-refractivity contribution >= 4 is 29.1 Å². The van der Waals surface area contributed by atoms with Crippen LogP contribution in [0.4, 0.5) is 15.8 Å². The molecule has 0 bridgehead atoms. The molecule has 0 aromatic heterocycles. The van der Waals surface area contributed by atoms with E-state index in [9.17, 15) is 18.8 Å². The molecule has 2 atom stereocenters. The molecule has 2 aliphatic heterocycles. The van der Waals surface area contributed by atoms with Gasteiger partial charge >= 0.3 is 0 Å². The number of ether oxygens (including phenoxy) is 2. The van der Waals surface area contributed by atoms with Gasteiger partial charge in [0.15, 0.2) is 12.1 Å². The second kappa shape index (κ2) is 8.01. The fourth-order valence-corrected chi connectivity index (χ4v) is 3.43. The van der Waals surface area contributed by atoms with Gasteiger partial charge in [-0.05, 0) is 24.3 Å². The maximum Gasteiger partial charge on any atom is 0.263 e. The zero-order chi connectivity index (χ0) is 22.1. The maximum atomic E-state index is 13.2. The topological polar surface area (TPSA) is 113 Å². The first-order valence-electron chi connectivity index (χ1n) is 9.25. The molecule has 2 aromatic rings. The predicted octanol–water partition coefficient (Wildman–Crippen LogP) is 1.77. The average molecular weight is 427 g/mol. The highest BCUT2D eigenvalue weighted by molar-refractivity contribution is 6.25. The van der Waals surface area contributed by atoms with Crippen molar-refractivity contribution in [2.24, 2.45) is 10.3 Å². The molecule has 1 N–H and O–H groups in total. The SMILES string of the molecule is COc1cc(NC(=O)CN2N=NC3C(=O)N(c4ccc(F)cc4)C(=O)C32)cc(OC)c1. The van der Waals surface area contributed by atoms with Crippen LogP contribution in [-0.2, 0) is 14.4 Å². The van der Waals surface area contributed by atoms with Crippen molar-refractivity contribution in [1.29, 1.82) is 0 Å². The van der Waals surface area contributed by atoms with Gasteiger partial charge in [-0.1, -0.05) is 5.22 Å². The Hall–Kier alpha value is -4.02. The first-order valence-corrected chi connectivity index (χ1v) is 9.25. The van der Waals surface area contributed by atoms with Gasteiger partial charge in [0.1, 0.15) is 23.9 Å². The molecule has 160 valence electrons. The summed E-state index contributed by atoms with van der Waals surface area (Å²) < 4.78 is 23.5. The van der Waals surface area contributed by atoms with Crippen LogP contribution in [-0.4, -0.2) is 55.6 Å². The molecule has 10 nitrogen and oxygen atoms in total. The van der Waals surface area contributed by atoms with E-state index in [1.54, 1.807) is 18.2 Å². The zero-order valence-electron chi connectivity index (χ0n) is 16.6. The Morgan fingerprint density at radius 2 is 1.71 bits per heavy atom. The van der Waals surface area contributed by atoms with Crippen LogP contribution in [0, 0.1) is 5.82 Å². The normalized spacial score (nSPS) is 19.6. The Balaban J connectivity index is 1.48. The van der Waals surface area contributed by atoms with Crippen LogP contribution < -0.4 is 19.7 Å². The lowest BCUT2D eigenvalue weighted by Gasteiger charge is -2.20. The summed E-state index contributed by atoms with van der Waals surface area (Å²) >= 11 is 0. The molecule has 2 aromatic carbocycles. The van der Waals surface area contributed by atoms with Crippen LogP contribution in [0.5, 0.6) is 11.5 Å². The largest absolute Gasteiger partial charge is 0.497 e.